The Hall–Kier alpha value is -2.15. The van der Waals surface area contributed by atoms with Gasteiger partial charge in [-0.1, -0.05) is 6.07 Å². The van der Waals surface area contributed by atoms with Gasteiger partial charge >= 0.3 is 0 Å². The fraction of sp³-hybridized carbons (Fsp3) is 0.294. The second-order valence-electron chi connectivity index (χ2n) is 5.34. The highest BCUT2D eigenvalue weighted by Gasteiger charge is 2.21. The van der Waals surface area contributed by atoms with Crippen molar-refractivity contribution in [2.45, 2.75) is 19.1 Å². The van der Waals surface area contributed by atoms with Crippen LogP contribution in [0.1, 0.15) is 22.3 Å². The topological polar surface area (TPSA) is 51.2 Å². The van der Waals surface area contributed by atoms with Crippen molar-refractivity contribution in [1.29, 1.82) is 0 Å². The van der Waals surface area contributed by atoms with Crippen molar-refractivity contribution in [3.05, 3.63) is 59.3 Å². The summed E-state index contributed by atoms with van der Waals surface area (Å²) in [6.07, 6.45) is 2.48. The fourth-order valence-electron chi connectivity index (χ4n) is 2.39. The molecule has 24 heavy (non-hydrogen) atoms. The number of hydrogen-bond donors (Lipinski definition) is 1. The quantitative estimate of drug-likeness (QED) is 0.900. The Morgan fingerprint density at radius 2 is 2.08 bits per heavy atom. The number of nitrogens with zero attached hydrogens (tertiary/aromatic N) is 1. The van der Waals surface area contributed by atoms with Crippen molar-refractivity contribution in [2.24, 2.45) is 0 Å². The molecule has 1 amide bonds. The number of thioether (sulfide) groups is 1. The van der Waals surface area contributed by atoms with Crippen LogP contribution in [-0.2, 0) is 6.54 Å². The van der Waals surface area contributed by atoms with Gasteiger partial charge in [-0.3, -0.25) is 4.79 Å². The van der Waals surface area contributed by atoms with E-state index in [-0.39, 0.29) is 29.7 Å². The van der Waals surface area contributed by atoms with E-state index in [4.69, 9.17) is 4.74 Å². The number of carbonyl (C=O) groups excluding carboxylic acids is 1. The highest BCUT2D eigenvalue weighted by atomic mass is 32.2. The molecule has 1 aromatic carbocycles. The minimum atomic E-state index is -0.694. The average Bonchev–Trinajstić information content (AvgIpc) is 3.08. The van der Waals surface area contributed by atoms with Crippen molar-refractivity contribution in [3.8, 4) is 5.88 Å². The van der Waals surface area contributed by atoms with Gasteiger partial charge in [0.05, 0.1) is 0 Å². The van der Waals surface area contributed by atoms with Crippen LogP contribution in [0.25, 0.3) is 0 Å². The van der Waals surface area contributed by atoms with Crippen molar-refractivity contribution in [3.63, 3.8) is 0 Å². The molecule has 1 atom stereocenters. The van der Waals surface area contributed by atoms with Gasteiger partial charge in [-0.25, -0.2) is 13.8 Å². The van der Waals surface area contributed by atoms with Crippen molar-refractivity contribution in [1.82, 2.24) is 10.3 Å². The van der Waals surface area contributed by atoms with Crippen LogP contribution < -0.4 is 10.1 Å². The van der Waals surface area contributed by atoms with E-state index < -0.39 is 17.5 Å². The third-order valence-corrected chi connectivity index (χ3v) is 4.80. The van der Waals surface area contributed by atoms with Gasteiger partial charge in [-0.05, 0) is 36.4 Å². The number of ether oxygens (including phenoxy) is 1. The summed E-state index contributed by atoms with van der Waals surface area (Å²) in [5, 5.41) is 2.52. The molecule has 1 aliphatic heterocycles. The third-order valence-electron chi connectivity index (χ3n) is 3.67. The van der Waals surface area contributed by atoms with Gasteiger partial charge in [0.2, 0.25) is 5.88 Å². The molecule has 3 rings (SSSR count). The van der Waals surface area contributed by atoms with E-state index in [0.29, 0.717) is 0 Å². The molecule has 0 saturated carbocycles. The Bertz CT molecular complexity index is 716. The molecule has 0 spiro atoms. The Kier molecular flexibility index (Phi) is 5.30. The monoisotopic (exact) mass is 350 g/mol. The first-order valence-corrected chi connectivity index (χ1v) is 8.71. The normalized spacial score (nSPS) is 16.8. The molecule has 7 heteroatoms. The van der Waals surface area contributed by atoms with Crippen molar-refractivity contribution in [2.75, 3.05) is 11.5 Å². The number of hydrogen-bond acceptors (Lipinski definition) is 4. The molecule has 2 heterocycles. The minimum absolute atomic E-state index is 0.0282. The lowest BCUT2D eigenvalue weighted by atomic mass is 10.2. The summed E-state index contributed by atoms with van der Waals surface area (Å²) in [5.74, 6) is 0.258. The summed E-state index contributed by atoms with van der Waals surface area (Å²) in [6.45, 7) is -0.245. The molecule has 1 saturated heterocycles. The number of benzene rings is 1. The smallest absolute Gasteiger partial charge is 0.257 e. The standard InChI is InChI=1S/C17H16F2N2O2S/c18-14-4-1-5-15(19)13(14)9-21-16(22)12-3-2-7-20-17(12)23-11-6-8-24-10-11/h1-5,7,11H,6,8-10H2,(H,21,22). The summed E-state index contributed by atoms with van der Waals surface area (Å²) in [5.41, 5.74) is 0.0792. The number of nitrogens with one attached hydrogen (secondary N) is 1. The van der Waals surface area contributed by atoms with Crippen LogP contribution in [0.4, 0.5) is 8.78 Å². The molecule has 1 aliphatic rings. The maximum absolute atomic E-state index is 13.6. The molecule has 1 fully saturated rings. The van der Waals surface area contributed by atoms with Gasteiger partial charge in [0.1, 0.15) is 23.3 Å². The zero-order valence-electron chi connectivity index (χ0n) is 12.8. The van der Waals surface area contributed by atoms with E-state index >= 15 is 0 Å². The first-order valence-electron chi connectivity index (χ1n) is 7.55. The molecule has 4 nitrogen and oxygen atoms in total. The molecule has 0 radical (unpaired) electrons. The summed E-state index contributed by atoms with van der Waals surface area (Å²) in [7, 11) is 0. The number of halogens is 2. The molecule has 126 valence electrons. The molecular formula is C17H16F2N2O2S. The molecule has 2 aromatic rings. The van der Waals surface area contributed by atoms with E-state index in [1.807, 2.05) is 0 Å². The number of carbonyl (C=O) groups is 1. The molecule has 1 unspecified atom stereocenters. The van der Waals surface area contributed by atoms with Gasteiger partial charge in [-0.2, -0.15) is 11.8 Å². The molecule has 0 aliphatic carbocycles. The maximum atomic E-state index is 13.6. The van der Waals surface area contributed by atoms with Gasteiger partial charge in [-0.15, -0.1) is 0 Å². The van der Waals surface area contributed by atoms with Crippen LogP contribution in [-0.4, -0.2) is 28.5 Å². The lowest BCUT2D eigenvalue weighted by molar-refractivity contribution is 0.0942. The van der Waals surface area contributed by atoms with Crippen LogP contribution in [0.3, 0.4) is 0 Å². The first kappa shape index (κ1) is 16.7. The predicted molar refractivity (Wildman–Crippen MR) is 88.1 cm³/mol. The highest BCUT2D eigenvalue weighted by molar-refractivity contribution is 7.99. The van der Waals surface area contributed by atoms with E-state index in [9.17, 15) is 13.6 Å². The Morgan fingerprint density at radius 3 is 2.79 bits per heavy atom. The summed E-state index contributed by atoms with van der Waals surface area (Å²) >= 11 is 1.79. The summed E-state index contributed by atoms with van der Waals surface area (Å²) in [4.78, 5) is 16.5. The van der Waals surface area contributed by atoms with Gasteiger partial charge in [0.25, 0.3) is 5.91 Å². The van der Waals surface area contributed by atoms with Gasteiger partial charge in [0.15, 0.2) is 0 Å². The zero-order valence-corrected chi connectivity index (χ0v) is 13.6. The van der Waals surface area contributed by atoms with Crippen LogP contribution in [0.2, 0.25) is 0 Å². The van der Waals surface area contributed by atoms with Gasteiger partial charge in [0, 0.05) is 24.1 Å². The molecular weight excluding hydrogens is 334 g/mol. The number of rotatable bonds is 5. The van der Waals surface area contributed by atoms with Crippen LogP contribution in [0, 0.1) is 11.6 Å². The van der Waals surface area contributed by atoms with E-state index in [2.05, 4.69) is 10.3 Å². The Morgan fingerprint density at radius 1 is 1.29 bits per heavy atom. The second kappa shape index (κ2) is 7.61. The lowest BCUT2D eigenvalue weighted by Gasteiger charge is -2.14. The van der Waals surface area contributed by atoms with Crippen molar-refractivity contribution < 1.29 is 18.3 Å². The summed E-state index contributed by atoms with van der Waals surface area (Å²) in [6, 6.07) is 6.79. The Balaban J connectivity index is 1.71. The predicted octanol–water partition coefficient (Wildman–Crippen LogP) is 3.17. The third kappa shape index (κ3) is 3.84. The zero-order chi connectivity index (χ0) is 16.9. The molecule has 1 aromatic heterocycles. The number of amides is 1. The second-order valence-corrected chi connectivity index (χ2v) is 6.49. The first-order chi connectivity index (χ1) is 11.6. The summed E-state index contributed by atoms with van der Waals surface area (Å²) < 4.78 is 33.0. The highest BCUT2D eigenvalue weighted by Crippen LogP contribution is 2.24. The van der Waals surface area contributed by atoms with E-state index in [0.717, 1.165) is 30.1 Å². The van der Waals surface area contributed by atoms with E-state index in [1.54, 1.807) is 30.1 Å². The van der Waals surface area contributed by atoms with Crippen LogP contribution in [0.5, 0.6) is 5.88 Å². The average molecular weight is 350 g/mol. The minimum Gasteiger partial charge on any atom is -0.473 e. The Labute approximate surface area is 142 Å². The lowest BCUT2D eigenvalue weighted by Crippen LogP contribution is -2.26. The van der Waals surface area contributed by atoms with Gasteiger partial charge < -0.3 is 10.1 Å². The SMILES string of the molecule is O=C(NCc1c(F)cccc1F)c1cccnc1OC1CCSC1. The van der Waals surface area contributed by atoms with Crippen LogP contribution >= 0.6 is 11.8 Å². The number of aromatic nitrogens is 1. The fourth-order valence-corrected chi connectivity index (χ4v) is 3.48. The van der Waals surface area contributed by atoms with Crippen LogP contribution in [0.15, 0.2) is 36.5 Å². The largest absolute Gasteiger partial charge is 0.473 e. The van der Waals surface area contributed by atoms with E-state index in [1.165, 1.54) is 6.07 Å². The molecule has 1 N–H and O–H groups in total. The maximum Gasteiger partial charge on any atom is 0.257 e. The molecule has 0 bridgehead atoms. The van der Waals surface area contributed by atoms with Crippen molar-refractivity contribution >= 4 is 17.7 Å². The number of pyridine rings is 1.